The number of carbonyl (C=O) groups is 1. The summed E-state index contributed by atoms with van der Waals surface area (Å²) in [5.41, 5.74) is 7.49. The van der Waals surface area contributed by atoms with E-state index in [0.717, 1.165) is 55.0 Å². The van der Waals surface area contributed by atoms with Crippen molar-refractivity contribution in [1.29, 1.82) is 0 Å². The summed E-state index contributed by atoms with van der Waals surface area (Å²) in [6, 6.07) is 19.2. The number of piperidine rings is 1. The van der Waals surface area contributed by atoms with Crippen molar-refractivity contribution in [2.45, 2.75) is 39.3 Å². The molecule has 2 aliphatic heterocycles. The van der Waals surface area contributed by atoms with Crippen molar-refractivity contribution in [3.63, 3.8) is 0 Å². The van der Waals surface area contributed by atoms with Crippen molar-refractivity contribution < 1.29 is 14.4 Å². The Hall–Kier alpha value is -3.71. The van der Waals surface area contributed by atoms with Gasteiger partial charge in [-0.2, -0.15) is 5.10 Å². The predicted octanol–water partition coefficient (Wildman–Crippen LogP) is 2.52. The number of benzene rings is 2. The first kappa shape index (κ1) is 24.0. The minimum absolute atomic E-state index is 0.116. The van der Waals surface area contributed by atoms with Crippen LogP contribution in [0.4, 0.5) is 0 Å². The molecule has 3 aromatic rings. The standard InChI is InChI=1S/C29H32N4O3/c1-3-36-27-12-11-21(15-30-31-29(35)25-8-5-4-7-20(25)2)13-24(27)19-32-16-22-14-23(18-32)26-9-6-10-28(34)33(26)17-22/h4-13,15,22-23H,3,14,16-19H2,1-2H3,(H,31,35)/p+1. The number of quaternary nitrogens is 1. The first-order chi connectivity index (χ1) is 17.5. The molecule has 1 fully saturated rings. The highest BCUT2D eigenvalue weighted by Crippen LogP contribution is 2.30. The lowest BCUT2D eigenvalue weighted by Crippen LogP contribution is -3.13. The van der Waals surface area contributed by atoms with Gasteiger partial charge in [0.2, 0.25) is 0 Å². The minimum atomic E-state index is -0.223. The first-order valence-corrected chi connectivity index (χ1v) is 12.7. The summed E-state index contributed by atoms with van der Waals surface area (Å²) in [7, 11) is 0. The number of hydrazone groups is 1. The molecular weight excluding hydrogens is 452 g/mol. The molecular formula is C29H33N4O3+. The van der Waals surface area contributed by atoms with Crippen LogP contribution in [0.5, 0.6) is 5.75 Å². The number of aryl methyl sites for hydroxylation is 1. The molecule has 5 rings (SSSR count). The SMILES string of the molecule is CCOc1ccc(C=NNC(=O)c2ccccc2C)cc1C[NH+]1CC2CC(C1)c1cccc(=O)n1C2. The molecule has 1 saturated heterocycles. The van der Waals surface area contributed by atoms with Crippen LogP contribution in [0.15, 0.2) is 70.6 Å². The van der Waals surface area contributed by atoms with E-state index in [2.05, 4.69) is 22.7 Å². The Morgan fingerprint density at radius 1 is 1.17 bits per heavy atom. The van der Waals surface area contributed by atoms with E-state index in [-0.39, 0.29) is 11.5 Å². The van der Waals surface area contributed by atoms with Gasteiger partial charge in [-0.3, -0.25) is 9.59 Å². The van der Waals surface area contributed by atoms with Gasteiger partial charge < -0.3 is 14.2 Å². The average Bonchev–Trinajstić information content (AvgIpc) is 2.86. The lowest BCUT2D eigenvalue weighted by Gasteiger charge is -2.40. The molecule has 0 radical (unpaired) electrons. The van der Waals surface area contributed by atoms with Crippen LogP contribution < -0.4 is 20.6 Å². The van der Waals surface area contributed by atoms with E-state index in [9.17, 15) is 9.59 Å². The summed E-state index contributed by atoms with van der Waals surface area (Å²) in [4.78, 5) is 26.3. The second kappa shape index (κ2) is 10.5. The van der Waals surface area contributed by atoms with Crippen LogP contribution in [0.3, 0.4) is 0 Å². The van der Waals surface area contributed by atoms with Crippen LogP contribution in [0.25, 0.3) is 0 Å². The van der Waals surface area contributed by atoms with Gasteiger partial charge in [-0.25, -0.2) is 5.43 Å². The van der Waals surface area contributed by atoms with Crippen LogP contribution in [-0.4, -0.2) is 36.4 Å². The maximum Gasteiger partial charge on any atom is 0.271 e. The number of fused-ring (bicyclic) bond motifs is 4. The molecule has 36 heavy (non-hydrogen) atoms. The largest absolute Gasteiger partial charge is 0.493 e. The van der Waals surface area contributed by atoms with E-state index in [4.69, 9.17) is 4.74 Å². The molecule has 7 nitrogen and oxygen atoms in total. The summed E-state index contributed by atoms with van der Waals surface area (Å²) >= 11 is 0. The van der Waals surface area contributed by atoms with E-state index in [1.165, 1.54) is 10.6 Å². The van der Waals surface area contributed by atoms with Gasteiger partial charge in [-0.15, -0.1) is 0 Å². The fraction of sp³-hybridized carbons (Fsp3) is 0.345. The summed E-state index contributed by atoms with van der Waals surface area (Å²) in [5, 5.41) is 4.20. The molecule has 2 N–H and O–H groups in total. The van der Waals surface area contributed by atoms with Crippen molar-refractivity contribution >= 4 is 12.1 Å². The average molecular weight is 486 g/mol. The number of likely N-dealkylation sites (tertiary alicyclic amines) is 1. The number of ether oxygens (including phenoxy) is 1. The normalized spacial score (nSPS) is 20.7. The van der Waals surface area contributed by atoms with Crippen molar-refractivity contribution in [1.82, 2.24) is 9.99 Å². The molecule has 0 aliphatic carbocycles. The quantitative estimate of drug-likeness (QED) is 0.399. The molecule has 0 spiro atoms. The minimum Gasteiger partial charge on any atom is -0.493 e. The number of aromatic nitrogens is 1. The third kappa shape index (κ3) is 5.11. The predicted molar refractivity (Wildman–Crippen MR) is 140 cm³/mol. The topological polar surface area (TPSA) is 77.1 Å². The zero-order valence-electron chi connectivity index (χ0n) is 20.9. The molecule has 1 amide bonds. The Morgan fingerprint density at radius 2 is 2.03 bits per heavy atom. The van der Waals surface area contributed by atoms with Crippen molar-refractivity contribution in [2.24, 2.45) is 11.0 Å². The van der Waals surface area contributed by atoms with E-state index in [0.29, 0.717) is 24.0 Å². The summed E-state index contributed by atoms with van der Waals surface area (Å²) in [6.45, 7) is 8.18. The Kier molecular flexibility index (Phi) is 7.00. The number of nitrogens with zero attached hydrogens (tertiary/aromatic N) is 2. The molecule has 0 saturated carbocycles. The Bertz CT molecular complexity index is 1350. The number of pyridine rings is 1. The molecule has 3 unspecified atom stereocenters. The van der Waals surface area contributed by atoms with Gasteiger partial charge in [-0.05, 0) is 61.7 Å². The van der Waals surface area contributed by atoms with Crippen LogP contribution in [0, 0.1) is 12.8 Å². The van der Waals surface area contributed by atoms with Gasteiger partial charge in [0, 0.05) is 41.3 Å². The lowest BCUT2D eigenvalue weighted by molar-refractivity contribution is -0.924. The van der Waals surface area contributed by atoms with Crippen LogP contribution >= 0.6 is 0 Å². The van der Waals surface area contributed by atoms with Crippen molar-refractivity contribution in [3.8, 4) is 5.75 Å². The third-order valence-corrected chi connectivity index (χ3v) is 7.27. The summed E-state index contributed by atoms with van der Waals surface area (Å²) < 4.78 is 7.92. The Morgan fingerprint density at radius 3 is 2.86 bits per heavy atom. The molecule has 186 valence electrons. The van der Waals surface area contributed by atoms with Crippen molar-refractivity contribution in [3.05, 3.63) is 99.0 Å². The van der Waals surface area contributed by atoms with Gasteiger partial charge in [0.1, 0.15) is 12.3 Å². The number of hydrogen-bond acceptors (Lipinski definition) is 4. The zero-order chi connectivity index (χ0) is 25.1. The van der Waals surface area contributed by atoms with Crippen molar-refractivity contribution in [2.75, 3.05) is 19.7 Å². The molecule has 2 aliphatic rings. The highest BCUT2D eigenvalue weighted by molar-refractivity contribution is 5.96. The molecule has 1 aromatic heterocycles. The van der Waals surface area contributed by atoms with Gasteiger partial charge in [-0.1, -0.05) is 24.3 Å². The second-order valence-corrected chi connectivity index (χ2v) is 9.85. The molecule has 3 atom stereocenters. The zero-order valence-corrected chi connectivity index (χ0v) is 20.9. The van der Waals surface area contributed by atoms with Crippen LogP contribution in [0.2, 0.25) is 0 Å². The number of amides is 1. The molecule has 3 heterocycles. The van der Waals surface area contributed by atoms with E-state index < -0.39 is 0 Å². The van der Waals surface area contributed by atoms with Crippen LogP contribution in [-0.2, 0) is 13.1 Å². The Balaban J connectivity index is 1.31. The molecule has 7 heteroatoms. The maximum absolute atomic E-state index is 12.5. The highest BCUT2D eigenvalue weighted by atomic mass is 16.5. The van der Waals surface area contributed by atoms with E-state index in [1.54, 1.807) is 18.3 Å². The Labute approximate surface area is 211 Å². The lowest BCUT2D eigenvalue weighted by atomic mass is 9.83. The van der Waals surface area contributed by atoms with E-state index >= 15 is 0 Å². The monoisotopic (exact) mass is 485 g/mol. The number of nitrogens with one attached hydrogen (secondary N) is 2. The maximum atomic E-state index is 12.5. The van der Waals surface area contributed by atoms with Crippen LogP contribution in [0.1, 0.15) is 52.0 Å². The third-order valence-electron chi connectivity index (χ3n) is 7.27. The fourth-order valence-corrected chi connectivity index (χ4v) is 5.70. The second-order valence-electron chi connectivity index (χ2n) is 9.85. The number of carbonyl (C=O) groups excluding carboxylic acids is 1. The number of hydrogen-bond donors (Lipinski definition) is 2. The smallest absolute Gasteiger partial charge is 0.271 e. The molecule has 2 bridgehead atoms. The fourth-order valence-electron chi connectivity index (χ4n) is 5.70. The van der Waals surface area contributed by atoms with Gasteiger partial charge in [0.25, 0.3) is 11.5 Å². The molecule has 2 aromatic carbocycles. The highest BCUT2D eigenvalue weighted by Gasteiger charge is 2.37. The van der Waals surface area contributed by atoms with Gasteiger partial charge >= 0.3 is 0 Å². The van der Waals surface area contributed by atoms with Gasteiger partial charge in [0.15, 0.2) is 0 Å². The van der Waals surface area contributed by atoms with Gasteiger partial charge in [0.05, 0.1) is 25.9 Å². The number of rotatable bonds is 7. The van der Waals surface area contributed by atoms with E-state index in [1.807, 2.05) is 54.8 Å². The summed E-state index contributed by atoms with van der Waals surface area (Å²) in [5.74, 6) is 1.57. The first-order valence-electron chi connectivity index (χ1n) is 12.7. The summed E-state index contributed by atoms with van der Waals surface area (Å²) in [6.07, 6.45) is 2.83.